The summed E-state index contributed by atoms with van der Waals surface area (Å²) in [6.45, 7) is 1.54. The van der Waals surface area contributed by atoms with Crippen molar-refractivity contribution >= 4 is 15.8 Å². The average Bonchev–Trinajstić information content (AvgIpc) is 2.17. The van der Waals surface area contributed by atoms with Crippen LogP contribution in [0.25, 0.3) is 0 Å². The van der Waals surface area contributed by atoms with E-state index in [0.717, 1.165) is 0 Å². The van der Waals surface area contributed by atoms with E-state index in [0.29, 0.717) is 0 Å². The molecule has 0 aliphatic rings. The minimum Gasteiger partial charge on any atom is -0.477 e. The molecule has 6 heteroatoms. The van der Waals surface area contributed by atoms with E-state index in [1.807, 2.05) is 0 Å². The number of aromatic carboxylic acids is 1. The molecule has 0 aliphatic carbocycles. The third-order valence-corrected chi connectivity index (χ3v) is 3.45. The van der Waals surface area contributed by atoms with Crippen molar-refractivity contribution in [1.29, 1.82) is 0 Å². The first-order chi connectivity index (χ1) is 6.94. The number of aromatic nitrogens is 1. The lowest BCUT2D eigenvalue weighted by Crippen LogP contribution is -2.10. The van der Waals surface area contributed by atoms with Gasteiger partial charge in [-0.15, -0.1) is 0 Å². The van der Waals surface area contributed by atoms with E-state index in [1.54, 1.807) is 0 Å². The third kappa shape index (κ3) is 3.32. The molecule has 0 radical (unpaired) electrons. The molecule has 82 valence electrons. The molecule has 0 atom stereocenters. The Hall–Kier alpha value is -1.43. The van der Waals surface area contributed by atoms with Crippen molar-refractivity contribution in [2.24, 2.45) is 0 Å². The van der Waals surface area contributed by atoms with Crippen molar-refractivity contribution in [2.75, 3.05) is 5.75 Å². The Morgan fingerprint density at radius 1 is 1.47 bits per heavy atom. The first-order valence-electron chi connectivity index (χ1n) is 4.34. The number of carboxylic acid groups (broad SMARTS) is 1. The maximum absolute atomic E-state index is 11.3. The third-order valence-electron chi connectivity index (χ3n) is 1.83. The minimum absolute atomic E-state index is 0.0198. The summed E-state index contributed by atoms with van der Waals surface area (Å²) in [7, 11) is -3.17. The lowest BCUT2D eigenvalue weighted by molar-refractivity contribution is 0.0690. The molecule has 0 bridgehead atoms. The van der Waals surface area contributed by atoms with Crippen LogP contribution in [0.3, 0.4) is 0 Å². The Balaban J connectivity index is 2.97. The number of nitrogens with zero attached hydrogens (tertiary/aromatic N) is 1. The molecular formula is C9H11NO4S. The van der Waals surface area contributed by atoms with Crippen LogP contribution in [0.5, 0.6) is 0 Å². The van der Waals surface area contributed by atoms with Crippen LogP contribution in [0.15, 0.2) is 18.2 Å². The number of hydrogen-bond acceptors (Lipinski definition) is 4. The van der Waals surface area contributed by atoms with Gasteiger partial charge in [0.2, 0.25) is 0 Å². The number of rotatable bonds is 4. The van der Waals surface area contributed by atoms with Crippen LogP contribution in [0.2, 0.25) is 0 Å². The van der Waals surface area contributed by atoms with Crippen LogP contribution in [0, 0.1) is 0 Å². The van der Waals surface area contributed by atoms with Gasteiger partial charge in [0.25, 0.3) is 0 Å². The van der Waals surface area contributed by atoms with Crippen LogP contribution >= 0.6 is 0 Å². The van der Waals surface area contributed by atoms with E-state index < -0.39 is 15.8 Å². The second kappa shape index (κ2) is 4.39. The van der Waals surface area contributed by atoms with Crippen molar-refractivity contribution in [3.63, 3.8) is 0 Å². The van der Waals surface area contributed by atoms with Gasteiger partial charge in [0.1, 0.15) is 5.69 Å². The van der Waals surface area contributed by atoms with Gasteiger partial charge in [0, 0.05) is 5.75 Å². The quantitative estimate of drug-likeness (QED) is 0.822. The van der Waals surface area contributed by atoms with Crippen LogP contribution in [-0.2, 0) is 15.6 Å². The predicted octanol–water partition coefficient (Wildman–Crippen LogP) is 0.715. The summed E-state index contributed by atoms with van der Waals surface area (Å²) in [6.07, 6.45) is 0. The molecular weight excluding hydrogens is 218 g/mol. The zero-order chi connectivity index (χ0) is 11.5. The topological polar surface area (TPSA) is 84.3 Å². The Labute approximate surface area is 87.7 Å². The van der Waals surface area contributed by atoms with Crippen LogP contribution in [0.4, 0.5) is 0 Å². The number of pyridine rings is 1. The number of hydrogen-bond donors (Lipinski definition) is 1. The summed E-state index contributed by atoms with van der Waals surface area (Å²) in [6, 6.07) is 4.31. The van der Waals surface area contributed by atoms with E-state index >= 15 is 0 Å². The van der Waals surface area contributed by atoms with Crippen molar-refractivity contribution < 1.29 is 18.3 Å². The average molecular weight is 229 g/mol. The van der Waals surface area contributed by atoms with E-state index in [9.17, 15) is 13.2 Å². The van der Waals surface area contributed by atoms with Gasteiger partial charge >= 0.3 is 5.97 Å². The summed E-state index contributed by atoms with van der Waals surface area (Å²) in [5.41, 5.74) is 0.121. The van der Waals surface area contributed by atoms with Gasteiger partial charge in [0.15, 0.2) is 9.84 Å². The van der Waals surface area contributed by atoms with Gasteiger partial charge in [-0.05, 0) is 12.1 Å². The SMILES string of the molecule is CCS(=O)(=O)Cc1cccc(C(=O)O)n1. The monoisotopic (exact) mass is 229 g/mol. The molecule has 0 aliphatic heterocycles. The van der Waals surface area contributed by atoms with Crippen molar-refractivity contribution in [3.8, 4) is 0 Å². The van der Waals surface area contributed by atoms with Gasteiger partial charge in [-0.25, -0.2) is 18.2 Å². The Kier molecular flexibility index (Phi) is 3.41. The summed E-state index contributed by atoms with van der Waals surface area (Å²) in [5, 5.41) is 8.65. The highest BCUT2D eigenvalue weighted by Gasteiger charge is 2.11. The van der Waals surface area contributed by atoms with E-state index in [1.165, 1.54) is 25.1 Å². The van der Waals surface area contributed by atoms with Gasteiger partial charge in [0.05, 0.1) is 11.4 Å². The molecule has 15 heavy (non-hydrogen) atoms. The minimum atomic E-state index is -3.17. The van der Waals surface area contributed by atoms with Gasteiger partial charge < -0.3 is 5.11 Å². The summed E-state index contributed by atoms with van der Waals surface area (Å²) in [5.74, 6) is -1.36. The van der Waals surface area contributed by atoms with Crippen LogP contribution in [0.1, 0.15) is 23.1 Å². The molecule has 0 saturated heterocycles. The molecule has 1 aromatic rings. The highest BCUT2D eigenvalue weighted by Crippen LogP contribution is 2.05. The smallest absolute Gasteiger partial charge is 0.354 e. The summed E-state index contributed by atoms with van der Waals surface area (Å²) < 4.78 is 22.5. The first-order valence-corrected chi connectivity index (χ1v) is 6.16. The highest BCUT2D eigenvalue weighted by atomic mass is 32.2. The lowest BCUT2D eigenvalue weighted by atomic mass is 10.3. The fraction of sp³-hybridized carbons (Fsp3) is 0.333. The normalized spacial score (nSPS) is 11.3. The molecule has 1 aromatic heterocycles. The van der Waals surface area contributed by atoms with Crippen LogP contribution < -0.4 is 0 Å². The maximum atomic E-state index is 11.3. The van der Waals surface area contributed by atoms with E-state index in [2.05, 4.69) is 4.98 Å². The standard InChI is InChI=1S/C9H11NO4S/c1-2-15(13,14)6-7-4-3-5-8(10-7)9(11)12/h3-5H,2,6H2,1H3,(H,11,12). The summed E-state index contributed by atoms with van der Waals surface area (Å²) >= 11 is 0. The molecule has 0 saturated carbocycles. The Morgan fingerprint density at radius 3 is 2.67 bits per heavy atom. The zero-order valence-corrected chi connectivity index (χ0v) is 8.99. The molecule has 1 N–H and O–H groups in total. The number of carboxylic acids is 1. The van der Waals surface area contributed by atoms with Crippen molar-refractivity contribution in [2.45, 2.75) is 12.7 Å². The Morgan fingerprint density at radius 2 is 2.13 bits per heavy atom. The van der Waals surface area contributed by atoms with Gasteiger partial charge in [-0.3, -0.25) is 0 Å². The molecule has 1 heterocycles. The first kappa shape index (κ1) is 11.6. The van der Waals surface area contributed by atoms with Crippen molar-refractivity contribution in [1.82, 2.24) is 4.98 Å². The second-order valence-electron chi connectivity index (χ2n) is 3.00. The predicted molar refractivity (Wildman–Crippen MR) is 54.4 cm³/mol. The second-order valence-corrected chi connectivity index (χ2v) is 5.35. The number of sulfone groups is 1. The van der Waals surface area contributed by atoms with Gasteiger partial charge in [-0.1, -0.05) is 13.0 Å². The molecule has 1 rings (SSSR count). The number of carbonyl (C=O) groups is 1. The van der Waals surface area contributed by atoms with E-state index in [-0.39, 0.29) is 22.9 Å². The summed E-state index contributed by atoms with van der Waals surface area (Å²) in [4.78, 5) is 14.3. The molecule has 0 spiro atoms. The fourth-order valence-corrected chi connectivity index (χ4v) is 1.82. The Bertz CT molecular complexity index is 467. The van der Waals surface area contributed by atoms with E-state index in [4.69, 9.17) is 5.11 Å². The van der Waals surface area contributed by atoms with Gasteiger partial charge in [-0.2, -0.15) is 0 Å². The largest absolute Gasteiger partial charge is 0.477 e. The molecule has 0 aromatic carbocycles. The highest BCUT2D eigenvalue weighted by molar-refractivity contribution is 7.90. The molecule has 0 fully saturated rings. The van der Waals surface area contributed by atoms with Crippen molar-refractivity contribution in [3.05, 3.63) is 29.6 Å². The van der Waals surface area contributed by atoms with Crippen LogP contribution in [-0.4, -0.2) is 30.2 Å². The lowest BCUT2D eigenvalue weighted by Gasteiger charge is -2.01. The molecule has 0 amide bonds. The molecule has 0 unspecified atom stereocenters. The zero-order valence-electron chi connectivity index (χ0n) is 8.17. The fourth-order valence-electron chi connectivity index (χ4n) is 1.01. The maximum Gasteiger partial charge on any atom is 0.354 e. The molecule has 5 nitrogen and oxygen atoms in total.